The fourth-order valence-electron chi connectivity index (χ4n) is 1.89. The molecule has 1 amide bonds. The maximum atomic E-state index is 11.7. The molecule has 1 atom stereocenters. The highest BCUT2D eigenvalue weighted by Crippen LogP contribution is 2.40. The molecule has 0 aliphatic heterocycles. The van der Waals surface area contributed by atoms with E-state index in [1.165, 1.54) is 0 Å². The molecule has 4 nitrogen and oxygen atoms in total. The second-order valence-electron chi connectivity index (χ2n) is 5.54. The van der Waals surface area contributed by atoms with Crippen LogP contribution in [0.1, 0.15) is 40.5 Å². The van der Waals surface area contributed by atoms with E-state index < -0.39 is 5.54 Å². The molecular weight excluding hydrogens is 204 g/mol. The average molecular weight is 228 g/mol. The first kappa shape index (κ1) is 13.5. The summed E-state index contributed by atoms with van der Waals surface area (Å²) in [5.41, 5.74) is 4.64. The van der Waals surface area contributed by atoms with Crippen LogP contribution in [0.5, 0.6) is 0 Å². The van der Waals surface area contributed by atoms with Crippen LogP contribution in [0.3, 0.4) is 0 Å². The van der Waals surface area contributed by atoms with Crippen molar-refractivity contribution in [1.82, 2.24) is 5.32 Å². The Hall–Kier alpha value is -0.610. The minimum atomic E-state index is -0.665. The molecule has 1 aliphatic rings. The van der Waals surface area contributed by atoms with Gasteiger partial charge in [0.25, 0.3) is 0 Å². The van der Waals surface area contributed by atoms with Gasteiger partial charge < -0.3 is 15.8 Å². The Morgan fingerprint density at radius 2 is 2.00 bits per heavy atom. The Bertz CT molecular complexity index is 256. The van der Waals surface area contributed by atoms with Crippen LogP contribution < -0.4 is 11.1 Å². The van der Waals surface area contributed by atoms with Crippen molar-refractivity contribution >= 4 is 5.91 Å². The molecule has 0 saturated heterocycles. The molecule has 0 heterocycles. The fraction of sp³-hybridized carbons (Fsp3) is 0.917. The van der Waals surface area contributed by atoms with Crippen molar-refractivity contribution in [2.24, 2.45) is 11.7 Å². The standard InChI is InChI=1S/C12H24N2O2/c1-5-14-12(10(13)15,9-6-7-9)8-16-11(2,3)4/h9,14H,5-8H2,1-4H3,(H2,13,15). The van der Waals surface area contributed by atoms with Crippen molar-refractivity contribution < 1.29 is 9.53 Å². The molecule has 0 aromatic carbocycles. The molecule has 1 rings (SSSR count). The third-order valence-electron chi connectivity index (χ3n) is 2.94. The quantitative estimate of drug-likeness (QED) is 0.714. The van der Waals surface area contributed by atoms with E-state index in [9.17, 15) is 4.79 Å². The van der Waals surface area contributed by atoms with Gasteiger partial charge in [0, 0.05) is 0 Å². The zero-order chi connectivity index (χ0) is 12.4. The van der Waals surface area contributed by atoms with Crippen molar-refractivity contribution in [2.45, 2.75) is 51.7 Å². The Labute approximate surface area is 97.9 Å². The van der Waals surface area contributed by atoms with Gasteiger partial charge in [0.2, 0.25) is 5.91 Å². The van der Waals surface area contributed by atoms with Gasteiger partial charge in [-0.25, -0.2) is 0 Å². The van der Waals surface area contributed by atoms with Gasteiger partial charge in [-0.3, -0.25) is 4.79 Å². The highest BCUT2D eigenvalue weighted by molar-refractivity contribution is 5.85. The van der Waals surface area contributed by atoms with E-state index in [4.69, 9.17) is 10.5 Å². The number of nitrogens with two attached hydrogens (primary N) is 1. The molecule has 0 spiro atoms. The summed E-state index contributed by atoms with van der Waals surface area (Å²) in [6, 6.07) is 0. The molecule has 0 aromatic rings. The number of hydrogen-bond acceptors (Lipinski definition) is 3. The number of primary amides is 1. The topological polar surface area (TPSA) is 64.3 Å². The van der Waals surface area contributed by atoms with E-state index in [1.54, 1.807) is 0 Å². The molecule has 4 heteroatoms. The first-order valence-electron chi connectivity index (χ1n) is 6.00. The van der Waals surface area contributed by atoms with Crippen molar-refractivity contribution in [3.8, 4) is 0 Å². The van der Waals surface area contributed by atoms with Crippen molar-refractivity contribution in [3.05, 3.63) is 0 Å². The number of ether oxygens (including phenoxy) is 1. The maximum absolute atomic E-state index is 11.7. The van der Waals surface area contributed by atoms with Gasteiger partial charge >= 0.3 is 0 Å². The number of nitrogens with one attached hydrogen (secondary N) is 1. The number of hydrogen-bond donors (Lipinski definition) is 2. The smallest absolute Gasteiger partial charge is 0.240 e. The predicted octanol–water partition coefficient (Wildman–Crippen LogP) is 1.05. The summed E-state index contributed by atoms with van der Waals surface area (Å²) >= 11 is 0. The summed E-state index contributed by atoms with van der Waals surface area (Å²) in [6.07, 6.45) is 2.12. The summed E-state index contributed by atoms with van der Waals surface area (Å²) in [7, 11) is 0. The first-order valence-corrected chi connectivity index (χ1v) is 6.00. The molecule has 16 heavy (non-hydrogen) atoms. The van der Waals surface area contributed by atoms with Crippen molar-refractivity contribution in [3.63, 3.8) is 0 Å². The zero-order valence-electron chi connectivity index (χ0n) is 10.8. The number of amides is 1. The van der Waals surface area contributed by atoms with Crippen LogP contribution in [0, 0.1) is 5.92 Å². The summed E-state index contributed by atoms with van der Waals surface area (Å²) in [6.45, 7) is 9.03. The van der Waals surface area contributed by atoms with Crippen LogP contribution in [0.15, 0.2) is 0 Å². The lowest BCUT2D eigenvalue weighted by molar-refractivity contribution is -0.131. The molecule has 94 valence electrons. The lowest BCUT2D eigenvalue weighted by Crippen LogP contribution is -2.61. The van der Waals surface area contributed by atoms with Gasteiger partial charge in [-0.1, -0.05) is 6.92 Å². The zero-order valence-corrected chi connectivity index (χ0v) is 10.8. The molecule has 0 aromatic heterocycles. The second kappa shape index (κ2) is 4.72. The van der Waals surface area contributed by atoms with Gasteiger partial charge in [-0.15, -0.1) is 0 Å². The number of carbonyl (C=O) groups is 1. The molecule has 1 fully saturated rings. The summed E-state index contributed by atoms with van der Waals surface area (Å²) in [5.74, 6) is 0.0494. The highest BCUT2D eigenvalue weighted by atomic mass is 16.5. The average Bonchev–Trinajstić information content (AvgIpc) is 2.93. The predicted molar refractivity (Wildman–Crippen MR) is 64.0 cm³/mol. The second-order valence-corrected chi connectivity index (χ2v) is 5.54. The van der Waals surface area contributed by atoms with E-state index in [1.807, 2.05) is 27.7 Å². The largest absolute Gasteiger partial charge is 0.373 e. The molecule has 0 bridgehead atoms. The van der Waals surface area contributed by atoms with E-state index >= 15 is 0 Å². The van der Waals surface area contributed by atoms with Gasteiger partial charge in [-0.2, -0.15) is 0 Å². The van der Waals surface area contributed by atoms with Crippen LogP contribution in [-0.4, -0.2) is 30.2 Å². The highest BCUT2D eigenvalue weighted by Gasteiger charge is 2.50. The summed E-state index contributed by atoms with van der Waals surface area (Å²) in [4.78, 5) is 11.7. The summed E-state index contributed by atoms with van der Waals surface area (Å²) < 4.78 is 5.75. The van der Waals surface area contributed by atoms with Crippen molar-refractivity contribution in [2.75, 3.05) is 13.2 Å². The Balaban J connectivity index is 2.72. The van der Waals surface area contributed by atoms with Crippen molar-refractivity contribution in [1.29, 1.82) is 0 Å². The molecule has 1 aliphatic carbocycles. The van der Waals surface area contributed by atoms with E-state index in [-0.39, 0.29) is 11.5 Å². The Morgan fingerprint density at radius 3 is 2.31 bits per heavy atom. The van der Waals surface area contributed by atoms with E-state index in [0.717, 1.165) is 19.4 Å². The van der Waals surface area contributed by atoms with Crippen LogP contribution in [0.25, 0.3) is 0 Å². The van der Waals surface area contributed by atoms with Gasteiger partial charge in [-0.05, 0) is 46.1 Å². The van der Waals surface area contributed by atoms with Crippen LogP contribution in [-0.2, 0) is 9.53 Å². The third-order valence-corrected chi connectivity index (χ3v) is 2.94. The lowest BCUT2D eigenvalue weighted by atomic mass is 9.92. The molecule has 0 radical (unpaired) electrons. The van der Waals surface area contributed by atoms with Gasteiger partial charge in [0.15, 0.2) is 0 Å². The molecule has 1 saturated carbocycles. The van der Waals surface area contributed by atoms with Gasteiger partial charge in [0.1, 0.15) is 5.54 Å². The third kappa shape index (κ3) is 3.19. The Morgan fingerprint density at radius 1 is 1.44 bits per heavy atom. The molecule has 3 N–H and O–H groups in total. The minimum absolute atomic E-state index is 0.245. The van der Waals surface area contributed by atoms with Crippen LogP contribution >= 0.6 is 0 Å². The van der Waals surface area contributed by atoms with E-state index in [2.05, 4.69) is 5.32 Å². The van der Waals surface area contributed by atoms with Crippen LogP contribution in [0.2, 0.25) is 0 Å². The first-order chi connectivity index (χ1) is 7.32. The fourth-order valence-corrected chi connectivity index (χ4v) is 1.89. The van der Waals surface area contributed by atoms with Crippen LogP contribution in [0.4, 0.5) is 0 Å². The SMILES string of the molecule is CCNC(COC(C)(C)C)(C(N)=O)C1CC1. The molecule has 1 unspecified atom stereocenters. The maximum Gasteiger partial charge on any atom is 0.240 e. The lowest BCUT2D eigenvalue weighted by Gasteiger charge is -2.34. The normalized spacial score (nSPS) is 20.5. The monoisotopic (exact) mass is 228 g/mol. The summed E-state index contributed by atoms with van der Waals surface area (Å²) in [5, 5.41) is 3.23. The number of rotatable bonds is 6. The number of carbonyl (C=O) groups excluding carboxylic acids is 1. The van der Waals surface area contributed by atoms with Gasteiger partial charge in [0.05, 0.1) is 12.2 Å². The van der Waals surface area contributed by atoms with E-state index in [0.29, 0.717) is 12.5 Å². The Kier molecular flexibility index (Phi) is 3.97. The number of likely N-dealkylation sites (N-methyl/N-ethyl adjacent to an activating group) is 1. The minimum Gasteiger partial charge on any atom is -0.373 e. The molecular formula is C12H24N2O2.